The zero-order valence-electron chi connectivity index (χ0n) is 11.4. The van der Waals surface area contributed by atoms with E-state index in [-0.39, 0.29) is 12.8 Å². The van der Waals surface area contributed by atoms with Gasteiger partial charge in [0.15, 0.2) is 0 Å². The van der Waals surface area contributed by atoms with Crippen LogP contribution in [0.5, 0.6) is 0 Å². The van der Waals surface area contributed by atoms with Crippen molar-refractivity contribution in [3.8, 4) is 0 Å². The Morgan fingerprint density at radius 1 is 1.37 bits per heavy atom. The second-order valence-electron chi connectivity index (χ2n) is 5.79. The number of carboxylic acid groups (broad SMARTS) is 1. The number of halogens is 3. The molecule has 1 saturated carbocycles. The minimum Gasteiger partial charge on any atom is -0.480 e. The highest BCUT2D eigenvalue weighted by Crippen LogP contribution is 2.34. The standard InChI is InChI=1S/C13H22F3NO2/c1-9(2)10-4-3-6-12(7-5-10,11(18)19)17-8-13(14,15)16/h9-10,17H,3-8H2,1-2H3,(H,18,19). The normalized spacial score (nSPS) is 29.3. The van der Waals surface area contributed by atoms with Gasteiger partial charge in [0.25, 0.3) is 0 Å². The van der Waals surface area contributed by atoms with Gasteiger partial charge in [-0.15, -0.1) is 0 Å². The van der Waals surface area contributed by atoms with Gasteiger partial charge >= 0.3 is 12.1 Å². The van der Waals surface area contributed by atoms with E-state index in [0.717, 1.165) is 6.42 Å². The van der Waals surface area contributed by atoms with Crippen LogP contribution in [-0.4, -0.2) is 29.3 Å². The number of alkyl halides is 3. The summed E-state index contributed by atoms with van der Waals surface area (Å²) in [7, 11) is 0. The zero-order chi connectivity index (χ0) is 14.7. The van der Waals surface area contributed by atoms with Crippen molar-refractivity contribution >= 4 is 5.97 Å². The predicted molar refractivity (Wildman–Crippen MR) is 65.8 cm³/mol. The Labute approximate surface area is 111 Å². The topological polar surface area (TPSA) is 49.3 Å². The number of nitrogens with one attached hydrogen (secondary N) is 1. The number of aliphatic carboxylic acids is 1. The molecule has 0 aromatic rings. The van der Waals surface area contributed by atoms with E-state index in [9.17, 15) is 23.1 Å². The first-order valence-electron chi connectivity index (χ1n) is 6.71. The molecule has 0 saturated heterocycles. The van der Waals surface area contributed by atoms with Crippen LogP contribution in [0.2, 0.25) is 0 Å². The Kier molecular flexibility index (Phi) is 5.24. The summed E-state index contributed by atoms with van der Waals surface area (Å²) < 4.78 is 36.9. The van der Waals surface area contributed by atoms with Gasteiger partial charge in [-0.1, -0.05) is 26.7 Å². The van der Waals surface area contributed by atoms with Gasteiger partial charge in [0.1, 0.15) is 5.54 Å². The van der Waals surface area contributed by atoms with Crippen molar-refractivity contribution in [3.63, 3.8) is 0 Å². The maximum absolute atomic E-state index is 12.3. The molecule has 19 heavy (non-hydrogen) atoms. The maximum Gasteiger partial charge on any atom is 0.401 e. The summed E-state index contributed by atoms with van der Waals surface area (Å²) in [5.74, 6) is -0.331. The molecule has 112 valence electrons. The Balaban J connectivity index is 2.74. The minimum atomic E-state index is -4.38. The molecule has 0 radical (unpaired) electrons. The lowest BCUT2D eigenvalue weighted by molar-refractivity contribution is -0.151. The number of hydrogen-bond acceptors (Lipinski definition) is 2. The minimum absolute atomic E-state index is 0.265. The molecule has 6 heteroatoms. The van der Waals surface area contributed by atoms with Crippen molar-refractivity contribution in [2.24, 2.45) is 11.8 Å². The fraction of sp³-hybridized carbons (Fsp3) is 0.923. The van der Waals surface area contributed by atoms with E-state index >= 15 is 0 Å². The van der Waals surface area contributed by atoms with Gasteiger partial charge in [-0.2, -0.15) is 13.2 Å². The second-order valence-corrected chi connectivity index (χ2v) is 5.79. The van der Waals surface area contributed by atoms with E-state index in [2.05, 4.69) is 19.2 Å². The molecule has 0 amide bonds. The van der Waals surface area contributed by atoms with E-state index in [1.54, 1.807) is 0 Å². The molecule has 0 aromatic heterocycles. The second kappa shape index (κ2) is 6.11. The predicted octanol–water partition coefficient (Wildman–Crippen LogP) is 3.20. The first-order chi connectivity index (χ1) is 8.66. The molecular weight excluding hydrogens is 259 g/mol. The van der Waals surface area contributed by atoms with E-state index in [1.807, 2.05) is 0 Å². The molecular formula is C13H22F3NO2. The number of carboxylic acids is 1. The third kappa shape index (κ3) is 4.67. The van der Waals surface area contributed by atoms with E-state index in [4.69, 9.17) is 0 Å². The lowest BCUT2D eigenvalue weighted by atomic mass is 9.86. The quantitative estimate of drug-likeness (QED) is 0.778. The molecule has 2 unspecified atom stereocenters. The first kappa shape index (κ1) is 16.3. The van der Waals surface area contributed by atoms with Crippen LogP contribution >= 0.6 is 0 Å². The van der Waals surface area contributed by atoms with Crippen LogP contribution in [0.3, 0.4) is 0 Å². The van der Waals surface area contributed by atoms with Gasteiger partial charge < -0.3 is 5.11 Å². The van der Waals surface area contributed by atoms with Crippen molar-refractivity contribution in [1.82, 2.24) is 5.32 Å². The smallest absolute Gasteiger partial charge is 0.401 e. The van der Waals surface area contributed by atoms with Gasteiger partial charge in [0.05, 0.1) is 6.54 Å². The molecule has 1 fully saturated rings. The monoisotopic (exact) mass is 281 g/mol. The summed E-state index contributed by atoms with van der Waals surface area (Å²) in [5, 5.41) is 11.6. The van der Waals surface area contributed by atoms with Crippen LogP contribution < -0.4 is 5.32 Å². The van der Waals surface area contributed by atoms with Crippen LogP contribution in [0.25, 0.3) is 0 Å². The van der Waals surface area contributed by atoms with Gasteiger partial charge in [-0.3, -0.25) is 10.1 Å². The number of hydrogen-bond donors (Lipinski definition) is 2. The molecule has 1 rings (SSSR count). The summed E-state index contributed by atoms with van der Waals surface area (Å²) in [6, 6.07) is 0. The van der Waals surface area contributed by atoms with E-state index < -0.39 is 24.2 Å². The van der Waals surface area contributed by atoms with Crippen LogP contribution in [-0.2, 0) is 4.79 Å². The molecule has 2 atom stereocenters. The first-order valence-corrected chi connectivity index (χ1v) is 6.71. The molecule has 2 N–H and O–H groups in total. The molecule has 0 aromatic carbocycles. The summed E-state index contributed by atoms with van der Waals surface area (Å²) in [4.78, 5) is 11.4. The van der Waals surface area contributed by atoms with Crippen LogP contribution in [0.15, 0.2) is 0 Å². The Morgan fingerprint density at radius 3 is 2.47 bits per heavy atom. The van der Waals surface area contributed by atoms with Gasteiger partial charge in [0, 0.05) is 0 Å². The molecule has 0 aliphatic heterocycles. The Hall–Kier alpha value is -0.780. The summed E-state index contributed by atoms with van der Waals surface area (Å²) in [6.45, 7) is 2.90. The summed E-state index contributed by atoms with van der Waals surface area (Å²) in [5.41, 5.74) is -1.42. The van der Waals surface area contributed by atoms with Crippen molar-refractivity contribution in [2.75, 3.05) is 6.54 Å². The van der Waals surface area contributed by atoms with Crippen molar-refractivity contribution in [2.45, 2.75) is 57.7 Å². The maximum atomic E-state index is 12.3. The van der Waals surface area contributed by atoms with Gasteiger partial charge in [0.2, 0.25) is 0 Å². The lowest BCUT2D eigenvalue weighted by Crippen LogP contribution is -2.54. The van der Waals surface area contributed by atoms with Crippen LogP contribution in [0, 0.1) is 11.8 Å². The van der Waals surface area contributed by atoms with E-state index in [0.29, 0.717) is 24.7 Å². The zero-order valence-corrected chi connectivity index (χ0v) is 11.4. The van der Waals surface area contributed by atoms with Crippen molar-refractivity contribution in [1.29, 1.82) is 0 Å². The highest BCUT2D eigenvalue weighted by atomic mass is 19.4. The van der Waals surface area contributed by atoms with Crippen molar-refractivity contribution < 1.29 is 23.1 Å². The van der Waals surface area contributed by atoms with Gasteiger partial charge in [-0.25, -0.2) is 0 Å². The highest BCUT2D eigenvalue weighted by Gasteiger charge is 2.42. The van der Waals surface area contributed by atoms with Crippen LogP contribution in [0.4, 0.5) is 13.2 Å². The molecule has 1 aliphatic carbocycles. The fourth-order valence-electron chi connectivity index (χ4n) is 2.77. The third-order valence-corrected chi connectivity index (χ3v) is 4.10. The Morgan fingerprint density at radius 2 is 2.00 bits per heavy atom. The molecule has 3 nitrogen and oxygen atoms in total. The van der Waals surface area contributed by atoms with Gasteiger partial charge in [-0.05, 0) is 31.1 Å². The molecule has 0 bridgehead atoms. The highest BCUT2D eigenvalue weighted by molar-refractivity contribution is 5.78. The average Bonchev–Trinajstić information content (AvgIpc) is 2.48. The Bertz CT molecular complexity index is 318. The fourth-order valence-corrected chi connectivity index (χ4v) is 2.77. The van der Waals surface area contributed by atoms with Crippen LogP contribution in [0.1, 0.15) is 46.0 Å². The number of carbonyl (C=O) groups is 1. The number of rotatable bonds is 4. The molecule has 0 spiro atoms. The molecule has 1 aliphatic rings. The SMILES string of the molecule is CC(C)C1CCCC(NCC(F)(F)F)(C(=O)O)CC1. The molecule has 0 heterocycles. The van der Waals surface area contributed by atoms with E-state index in [1.165, 1.54) is 0 Å². The largest absolute Gasteiger partial charge is 0.480 e. The average molecular weight is 281 g/mol. The third-order valence-electron chi connectivity index (χ3n) is 4.10. The summed E-state index contributed by atoms with van der Waals surface area (Å²) >= 11 is 0. The van der Waals surface area contributed by atoms with Crippen molar-refractivity contribution in [3.05, 3.63) is 0 Å². The lowest BCUT2D eigenvalue weighted by Gasteiger charge is -2.30. The summed E-state index contributed by atoms with van der Waals surface area (Å²) in [6.07, 6.45) is -1.65.